The first-order valence-corrected chi connectivity index (χ1v) is 3.61. The second-order valence-corrected chi connectivity index (χ2v) is 2.74. The molecule has 0 radical (unpaired) electrons. The highest BCUT2D eigenvalue weighted by Gasteiger charge is 2.38. The first kappa shape index (κ1) is 11.8. The van der Waals surface area contributed by atoms with E-state index >= 15 is 0 Å². The molecule has 0 spiro atoms. The van der Waals surface area contributed by atoms with E-state index in [0.29, 0.717) is 0 Å². The molecule has 0 aliphatic heterocycles. The van der Waals surface area contributed by atoms with Crippen LogP contribution in [-0.4, -0.2) is 51.5 Å². The first-order valence-electron chi connectivity index (χ1n) is 3.61. The summed E-state index contributed by atoms with van der Waals surface area (Å²) in [5.74, 6) is 0. The lowest BCUT2D eigenvalue weighted by molar-refractivity contribution is -0.0444. The molecule has 6 nitrogen and oxygen atoms in total. The van der Waals surface area contributed by atoms with Crippen LogP contribution in [-0.2, 0) is 0 Å². The van der Waals surface area contributed by atoms with Crippen molar-refractivity contribution in [2.24, 2.45) is 11.5 Å². The lowest BCUT2D eigenvalue weighted by Crippen LogP contribution is -2.65. The van der Waals surface area contributed by atoms with Gasteiger partial charge >= 0.3 is 0 Å². The monoisotopic (exact) mass is 180 g/mol. The summed E-state index contributed by atoms with van der Waals surface area (Å²) in [5, 5.41) is 35.4. The molecule has 0 amide bonds. The van der Waals surface area contributed by atoms with Crippen molar-refractivity contribution >= 4 is 0 Å². The Morgan fingerprint density at radius 3 is 2.00 bits per heavy atom. The highest BCUT2D eigenvalue weighted by atomic mass is 16.3. The van der Waals surface area contributed by atoms with Gasteiger partial charge in [0.2, 0.25) is 0 Å². The lowest BCUT2D eigenvalue weighted by atomic mass is 9.91. The largest absolute Gasteiger partial charge is 0.396 e. The Morgan fingerprint density at radius 2 is 1.75 bits per heavy atom. The van der Waals surface area contributed by atoms with Gasteiger partial charge in [-0.15, -0.1) is 0 Å². The van der Waals surface area contributed by atoms with Gasteiger partial charge in [0, 0.05) is 6.61 Å². The molecule has 74 valence electrons. The van der Waals surface area contributed by atoms with Gasteiger partial charge < -0.3 is 31.9 Å². The average Bonchev–Trinajstić information content (AvgIpc) is 2.03. The van der Waals surface area contributed by atoms with Crippen molar-refractivity contribution in [2.45, 2.75) is 24.3 Å². The minimum absolute atomic E-state index is 0.0364. The first-order chi connectivity index (χ1) is 5.49. The van der Waals surface area contributed by atoms with E-state index in [1.807, 2.05) is 0 Å². The standard InChI is InChI=1S/C6H16N2O4/c7-5(12)6(8,3-10)4(11)1-2-9/h4-5,9-12H,1-3,7-8H2. The number of rotatable bonds is 5. The van der Waals surface area contributed by atoms with Gasteiger partial charge in [0.1, 0.15) is 11.8 Å². The van der Waals surface area contributed by atoms with E-state index in [2.05, 4.69) is 0 Å². The third kappa shape index (κ3) is 2.37. The quantitative estimate of drug-likeness (QED) is 0.245. The number of aliphatic hydroxyl groups excluding tert-OH is 4. The minimum Gasteiger partial charge on any atom is -0.396 e. The molecule has 6 heteroatoms. The van der Waals surface area contributed by atoms with Crippen LogP contribution in [0.1, 0.15) is 6.42 Å². The van der Waals surface area contributed by atoms with E-state index in [4.69, 9.17) is 26.8 Å². The smallest absolute Gasteiger partial charge is 0.125 e. The molecule has 0 bridgehead atoms. The number of aliphatic hydroxyl groups is 4. The Labute approximate surface area is 70.4 Å². The fraction of sp³-hybridized carbons (Fsp3) is 1.00. The van der Waals surface area contributed by atoms with Gasteiger partial charge in [0.25, 0.3) is 0 Å². The molecule has 0 heterocycles. The van der Waals surface area contributed by atoms with Crippen molar-refractivity contribution in [1.29, 1.82) is 0 Å². The van der Waals surface area contributed by atoms with E-state index in [-0.39, 0.29) is 13.0 Å². The van der Waals surface area contributed by atoms with Crippen molar-refractivity contribution in [2.75, 3.05) is 13.2 Å². The summed E-state index contributed by atoms with van der Waals surface area (Å²) in [4.78, 5) is 0. The predicted octanol–water partition coefficient (Wildman–Crippen LogP) is -3.30. The Balaban J connectivity index is 4.29. The second kappa shape index (κ2) is 4.70. The van der Waals surface area contributed by atoms with Crippen LogP contribution in [0.25, 0.3) is 0 Å². The fourth-order valence-electron chi connectivity index (χ4n) is 0.787. The van der Waals surface area contributed by atoms with Crippen molar-refractivity contribution < 1.29 is 20.4 Å². The highest BCUT2D eigenvalue weighted by molar-refractivity contribution is 4.94. The van der Waals surface area contributed by atoms with Crippen LogP contribution in [0.5, 0.6) is 0 Å². The van der Waals surface area contributed by atoms with Crippen LogP contribution in [0.2, 0.25) is 0 Å². The van der Waals surface area contributed by atoms with Crippen LogP contribution in [0.3, 0.4) is 0 Å². The van der Waals surface area contributed by atoms with Gasteiger partial charge in [-0.2, -0.15) is 0 Å². The molecule has 0 aromatic rings. The van der Waals surface area contributed by atoms with Gasteiger partial charge in [-0.1, -0.05) is 0 Å². The Bertz CT molecular complexity index is 133. The summed E-state index contributed by atoms with van der Waals surface area (Å²) in [7, 11) is 0. The maximum atomic E-state index is 9.25. The topological polar surface area (TPSA) is 133 Å². The normalized spacial score (nSPS) is 21.5. The molecule has 12 heavy (non-hydrogen) atoms. The molecule has 0 aliphatic rings. The van der Waals surface area contributed by atoms with Gasteiger partial charge in [-0.25, -0.2) is 0 Å². The van der Waals surface area contributed by atoms with Gasteiger partial charge in [-0.3, -0.25) is 0 Å². The summed E-state index contributed by atoms with van der Waals surface area (Å²) in [6, 6.07) is 0. The van der Waals surface area contributed by atoms with Crippen LogP contribution in [0.4, 0.5) is 0 Å². The summed E-state index contributed by atoms with van der Waals surface area (Å²) in [6.45, 7) is -0.932. The van der Waals surface area contributed by atoms with Gasteiger partial charge in [-0.05, 0) is 6.42 Å². The lowest BCUT2D eigenvalue weighted by Gasteiger charge is -2.34. The van der Waals surface area contributed by atoms with E-state index in [1.165, 1.54) is 0 Å². The molecule has 0 saturated carbocycles. The van der Waals surface area contributed by atoms with Gasteiger partial charge in [0.15, 0.2) is 0 Å². The summed E-state index contributed by atoms with van der Waals surface area (Å²) < 4.78 is 0. The average molecular weight is 180 g/mol. The zero-order valence-corrected chi connectivity index (χ0v) is 6.72. The van der Waals surface area contributed by atoms with Crippen LogP contribution >= 0.6 is 0 Å². The zero-order chi connectivity index (χ0) is 9.78. The molecule has 0 aromatic carbocycles. The molecular formula is C6H16N2O4. The SMILES string of the molecule is NC(O)C(N)(CO)C(O)CCO. The second-order valence-electron chi connectivity index (χ2n) is 2.74. The summed E-state index contributed by atoms with van der Waals surface area (Å²) in [5.41, 5.74) is 8.76. The number of hydrogen-bond acceptors (Lipinski definition) is 6. The molecule has 8 N–H and O–H groups in total. The number of nitrogens with two attached hydrogens (primary N) is 2. The summed E-state index contributed by atoms with van der Waals surface area (Å²) in [6.07, 6.45) is -2.79. The van der Waals surface area contributed by atoms with Crippen molar-refractivity contribution in [3.8, 4) is 0 Å². The fourth-order valence-corrected chi connectivity index (χ4v) is 0.787. The van der Waals surface area contributed by atoms with Crippen LogP contribution in [0.15, 0.2) is 0 Å². The minimum atomic E-state index is -1.66. The molecule has 3 atom stereocenters. The molecule has 0 fully saturated rings. The maximum absolute atomic E-state index is 9.25. The Hall–Kier alpha value is -0.240. The highest BCUT2D eigenvalue weighted by Crippen LogP contribution is 2.11. The molecular weight excluding hydrogens is 164 g/mol. The maximum Gasteiger partial charge on any atom is 0.125 e. The van der Waals surface area contributed by atoms with E-state index < -0.39 is 24.5 Å². The van der Waals surface area contributed by atoms with E-state index in [0.717, 1.165) is 0 Å². The zero-order valence-electron chi connectivity index (χ0n) is 6.72. The van der Waals surface area contributed by atoms with E-state index in [9.17, 15) is 5.11 Å². The van der Waals surface area contributed by atoms with E-state index in [1.54, 1.807) is 0 Å². The van der Waals surface area contributed by atoms with Crippen LogP contribution < -0.4 is 11.5 Å². The molecule has 0 aromatic heterocycles. The van der Waals surface area contributed by atoms with Crippen LogP contribution in [0, 0.1) is 0 Å². The van der Waals surface area contributed by atoms with Gasteiger partial charge in [0.05, 0.1) is 12.7 Å². The van der Waals surface area contributed by atoms with Crippen molar-refractivity contribution in [3.05, 3.63) is 0 Å². The molecule has 0 saturated heterocycles. The van der Waals surface area contributed by atoms with Crippen molar-refractivity contribution in [1.82, 2.24) is 0 Å². The summed E-state index contributed by atoms with van der Waals surface area (Å²) >= 11 is 0. The van der Waals surface area contributed by atoms with Crippen molar-refractivity contribution in [3.63, 3.8) is 0 Å². The predicted molar refractivity (Wildman–Crippen MR) is 41.9 cm³/mol. The molecule has 0 rings (SSSR count). The third-order valence-corrected chi connectivity index (χ3v) is 1.85. The number of hydrogen-bond donors (Lipinski definition) is 6. The molecule has 0 aliphatic carbocycles. The Morgan fingerprint density at radius 1 is 1.25 bits per heavy atom. The molecule has 3 unspecified atom stereocenters. The third-order valence-electron chi connectivity index (χ3n) is 1.85. The Kier molecular flexibility index (Phi) is 4.61.